The second-order valence-corrected chi connectivity index (χ2v) is 10.2. The molecule has 0 saturated carbocycles. The maximum absolute atomic E-state index is 12.7. The monoisotopic (exact) mass is 554 g/mol. The van der Waals surface area contributed by atoms with E-state index in [2.05, 4.69) is 21.2 Å². The van der Waals surface area contributed by atoms with Crippen LogP contribution in [0.2, 0.25) is 0 Å². The van der Waals surface area contributed by atoms with Gasteiger partial charge in [-0.15, -0.1) is 0 Å². The summed E-state index contributed by atoms with van der Waals surface area (Å²) in [5.74, 6) is -0.524. The van der Waals surface area contributed by atoms with Crippen LogP contribution in [0.1, 0.15) is 22.3 Å². The van der Waals surface area contributed by atoms with Crippen LogP contribution in [0.15, 0.2) is 69.5 Å². The van der Waals surface area contributed by atoms with Crippen LogP contribution in [-0.2, 0) is 14.9 Å². The number of nitriles is 1. The highest BCUT2D eigenvalue weighted by Crippen LogP contribution is 2.39. The van der Waals surface area contributed by atoms with Crippen molar-refractivity contribution >= 4 is 43.7 Å². The number of amides is 1. The maximum Gasteiger partial charge on any atom is 0.339 e. The van der Waals surface area contributed by atoms with Crippen molar-refractivity contribution in [1.29, 1.82) is 5.26 Å². The minimum absolute atomic E-state index is 0.00388. The molecule has 3 aromatic rings. The molecule has 0 atom stereocenters. The Labute approximate surface area is 213 Å². The van der Waals surface area contributed by atoms with E-state index in [1.165, 1.54) is 37.5 Å². The van der Waals surface area contributed by atoms with Crippen LogP contribution in [0, 0.1) is 32.1 Å². The molecule has 0 radical (unpaired) electrons. The van der Waals surface area contributed by atoms with Gasteiger partial charge in [-0.1, -0.05) is 23.8 Å². The van der Waals surface area contributed by atoms with Gasteiger partial charge in [0.2, 0.25) is 0 Å². The summed E-state index contributed by atoms with van der Waals surface area (Å²) in [6.07, 6.45) is 1.38. The van der Waals surface area contributed by atoms with Crippen molar-refractivity contribution in [1.82, 2.24) is 0 Å². The molecule has 1 amide bonds. The van der Waals surface area contributed by atoms with Crippen LogP contribution < -0.4 is 14.2 Å². The maximum atomic E-state index is 12.7. The molecule has 0 aromatic heterocycles. The molecule has 180 valence electrons. The van der Waals surface area contributed by atoms with Crippen LogP contribution in [-0.4, -0.2) is 21.4 Å². The number of ether oxygens (including phenoxy) is 1. The molecule has 3 aromatic carbocycles. The first kappa shape index (κ1) is 26.0. The minimum atomic E-state index is -4.12. The predicted molar refractivity (Wildman–Crippen MR) is 138 cm³/mol. The lowest BCUT2D eigenvalue weighted by Crippen LogP contribution is -2.13. The lowest BCUT2D eigenvalue weighted by Gasteiger charge is -2.14. The Balaban J connectivity index is 1.90. The highest BCUT2D eigenvalue weighted by Gasteiger charge is 2.22. The number of anilines is 1. The molecule has 35 heavy (non-hydrogen) atoms. The van der Waals surface area contributed by atoms with Gasteiger partial charge in [0.05, 0.1) is 11.6 Å². The van der Waals surface area contributed by atoms with Gasteiger partial charge < -0.3 is 14.2 Å². The quantitative estimate of drug-likeness (QED) is 0.228. The molecule has 0 aliphatic carbocycles. The number of benzene rings is 3. The fraction of sp³-hybridized carbons (Fsp3) is 0.154. The molecule has 3 rings (SSSR count). The topological polar surface area (TPSA) is 105 Å². The summed E-state index contributed by atoms with van der Waals surface area (Å²) < 4.78 is 36.4. The van der Waals surface area contributed by atoms with Crippen molar-refractivity contribution in [2.45, 2.75) is 25.7 Å². The molecular weight excluding hydrogens is 532 g/mol. The molecule has 0 aliphatic rings. The average molecular weight is 555 g/mol. The molecule has 0 heterocycles. The van der Waals surface area contributed by atoms with Crippen LogP contribution in [0.5, 0.6) is 11.5 Å². The third kappa shape index (κ3) is 6.29. The Morgan fingerprint density at radius 1 is 1.03 bits per heavy atom. The van der Waals surface area contributed by atoms with Gasteiger partial charge in [-0.2, -0.15) is 13.7 Å². The standard InChI is InChI=1S/C26H23BrN2O5S/c1-16-5-9-22(10-6-16)35(31,32)34-25-23(27)13-19(14-24(25)33-4)12-20(15-28)26(30)29-21-8-7-17(2)18(3)11-21/h5-14H,1-4H3,(H,29,30)/b20-12+. The predicted octanol–water partition coefficient (Wildman–Crippen LogP) is 5.70. The largest absolute Gasteiger partial charge is 0.493 e. The average Bonchev–Trinajstić information content (AvgIpc) is 2.81. The van der Waals surface area contributed by atoms with Gasteiger partial charge in [-0.25, -0.2) is 0 Å². The highest BCUT2D eigenvalue weighted by atomic mass is 79.9. The molecule has 0 unspecified atom stereocenters. The zero-order chi connectivity index (χ0) is 25.8. The summed E-state index contributed by atoms with van der Waals surface area (Å²) in [4.78, 5) is 12.7. The van der Waals surface area contributed by atoms with Crippen molar-refractivity contribution in [2.75, 3.05) is 12.4 Å². The van der Waals surface area contributed by atoms with Gasteiger partial charge in [0.25, 0.3) is 5.91 Å². The molecular formula is C26H23BrN2O5S. The molecule has 1 N–H and O–H groups in total. The number of methoxy groups -OCH3 is 1. The second kappa shape index (κ2) is 10.8. The zero-order valence-electron chi connectivity index (χ0n) is 19.5. The van der Waals surface area contributed by atoms with Gasteiger partial charge in [-0.3, -0.25) is 4.79 Å². The first-order valence-electron chi connectivity index (χ1n) is 10.4. The van der Waals surface area contributed by atoms with E-state index < -0.39 is 16.0 Å². The third-order valence-corrected chi connectivity index (χ3v) is 7.02. The van der Waals surface area contributed by atoms with Gasteiger partial charge in [0.1, 0.15) is 16.5 Å². The lowest BCUT2D eigenvalue weighted by atomic mass is 10.1. The molecule has 0 aliphatic heterocycles. The van der Waals surface area contributed by atoms with E-state index in [0.717, 1.165) is 16.7 Å². The van der Waals surface area contributed by atoms with Crippen molar-refractivity contribution < 1.29 is 22.1 Å². The van der Waals surface area contributed by atoms with Crippen LogP contribution >= 0.6 is 15.9 Å². The van der Waals surface area contributed by atoms with E-state index in [9.17, 15) is 18.5 Å². The molecule has 0 saturated heterocycles. The zero-order valence-corrected chi connectivity index (χ0v) is 22.0. The summed E-state index contributed by atoms with van der Waals surface area (Å²) in [6.45, 7) is 5.74. The number of aryl methyl sites for hydroxylation is 3. The third-order valence-electron chi connectivity index (χ3n) is 5.20. The second-order valence-electron chi connectivity index (χ2n) is 7.81. The van der Waals surface area contributed by atoms with E-state index in [0.29, 0.717) is 11.3 Å². The Hall–Kier alpha value is -3.61. The van der Waals surface area contributed by atoms with Crippen LogP contribution in [0.25, 0.3) is 6.08 Å². The van der Waals surface area contributed by atoms with Gasteiger partial charge >= 0.3 is 10.1 Å². The fourth-order valence-corrected chi connectivity index (χ4v) is 4.70. The minimum Gasteiger partial charge on any atom is -0.493 e. The fourth-order valence-electron chi connectivity index (χ4n) is 3.10. The molecule has 7 nitrogen and oxygen atoms in total. The Kier molecular flexibility index (Phi) is 7.99. The number of carbonyl (C=O) groups is 1. The number of carbonyl (C=O) groups excluding carboxylic acids is 1. The van der Waals surface area contributed by atoms with E-state index in [1.54, 1.807) is 18.2 Å². The van der Waals surface area contributed by atoms with Crippen molar-refractivity contribution in [3.63, 3.8) is 0 Å². The summed E-state index contributed by atoms with van der Waals surface area (Å²) in [5, 5.41) is 12.3. The Bertz CT molecular complexity index is 1460. The van der Waals surface area contributed by atoms with E-state index in [4.69, 9.17) is 8.92 Å². The van der Waals surface area contributed by atoms with Gasteiger partial charge in [0.15, 0.2) is 11.5 Å². The SMILES string of the molecule is COc1cc(/C=C(\C#N)C(=O)Nc2ccc(C)c(C)c2)cc(Br)c1OS(=O)(=O)c1ccc(C)cc1. The molecule has 9 heteroatoms. The van der Waals surface area contributed by atoms with Crippen LogP contribution in [0.4, 0.5) is 5.69 Å². The number of halogens is 1. The smallest absolute Gasteiger partial charge is 0.339 e. The first-order chi connectivity index (χ1) is 16.5. The van der Waals surface area contributed by atoms with E-state index >= 15 is 0 Å². The van der Waals surface area contributed by atoms with E-state index in [-0.39, 0.29) is 26.4 Å². The van der Waals surface area contributed by atoms with Gasteiger partial charge in [0, 0.05) is 5.69 Å². The van der Waals surface area contributed by atoms with E-state index in [1.807, 2.05) is 39.0 Å². The number of rotatable bonds is 7. The lowest BCUT2D eigenvalue weighted by molar-refractivity contribution is -0.112. The first-order valence-corrected chi connectivity index (χ1v) is 12.6. The normalized spacial score (nSPS) is 11.5. The number of nitrogens with zero attached hydrogens (tertiary/aromatic N) is 1. The summed E-state index contributed by atoms with van der Waals surface area (Å²) in [7, 11) is -2.76. The summed E-state index contributed by atoms with van der Waals surface area (Å²) >= 11 is 3.31. The number of hydrogen-bond donors (Lipinski definition) is 1. The summed E-state index contributed by atoms with van der Waals surface area (Å²) in [6, 6.07) is 16.6. The van der Waals surface area contributed by atoms with Gasteiger partial charge in [-0.05, 0) is 95.9 Å². The molecule has 0 bridgehead atoms. The molecule has 0 spiro atoms. The van der Waals surface area contributed by atoms with Crippen LogP contribution in [0.3, 0.4) is 0 Å². The summed E-state index contributed by atoms with van der Waals surface area (Å²) in [5.41, 5.74) is 3.87. The highest BCUT2D eigenvalue weighted by molar-refractivity contribution is 9.10. The Morgan fingerprint density at radius 3 is 2.31 bits per heavy atom. The molecule has 0 fully saturated rings. The Morgan fingerprint density at radius 2 is 1.71 bits per heavy atom. The van der Waals surface area contributed by atoms with Crippen molar-refractivity contribution in [2.24, 2.45) is 0 Å². The van der Waals surface area contributed by atoms with Crippen molar-refractivity contribution in [3.8, 4) is 17.6 Å². The van der Waals surface area contributed by atoms with Crippen molar-refractivity contribution in [3.05, 3.63) is 86.9 Å². The number of nitrogens with one attached hydrogen (secondary N) is 1. The number of hydrogen-bond acceptors (Lipinski definition) is 6.